The van der Waals surface area contributed by atoms with Gasteiger partial charge in [0, 0.05) is 24.2 Å². The van der Waals surface area contributed by atoms with Crippen molar-refractivity contribution >= 4 is 26.8 Å². The molecule has 0 saturated heterocycles. The van der Waals surface area contributed by atoms with Crippen molar-refractivity contribution in [1.29, 1.82) is 0 Å². The Balaban J connectivity index is 1.86. The molecular weight excluding hydrogens is 350 g/mol. The molecule has 0 fully saturated rings. The molecule has 1 aromatic heterocycles. The lowest BCUT2D eigenvalue weighted by atomic mass is 9.84. The largest absolute Gasteiger partial charge is 0.351 e. The zero-order chi connectivity index (χ0) is 18.7. The van der Waals surface area contributed by atoms with Gasteiger partial charge in [-0.2, -0.15) is 0 Å². The Labute approximate surface area is 154 Å². The summed E-state index contributed by atoms with van der Waals surface area (Å²) in [5.74, 6) is 0.388. The van der Waals surface area contributed by atoms with E-state index in [0.29, 0.717) is 11.5 Å². The smallest absolute Gasteiger partial charge is 0.252 e. The number of nitrogens with zero attached hydrogens (tertiary/aromatic N) is 1. The number of para-hydroxylation sites is 1. The molecular formula is C19H25N3O3S. The molecule has 26 heavy (non-hydrogen) atoms. The van der Waals surface area contributed by atoms with Gasteiger partial charge in [-0.05, 0) is 43.7 Å². The molecule has 0 saturated carbocycles. The van der Waals surface area contributed by atoms with Gasteiger partial charge in [-0.25, -0.2) is 13.1 Å². The first-order valence-electron chi connectivity index (χ1n) is 9.07. The monoisotopic (exact) mass is 375 g/mol. The molecule has 0 spiro atoms. The first-order valence-corrected chi connectivity index (χ1v) is 10.7. The van der Waals surface area contributed by atoms with Gasteiger partial charge in [0.05, 0.1) is 16.8 Å². The van der Waals surface area contributed by atoms with Crippen LogP contribution >= 0.6 is 0 Å². The molecule has 6 nitrogen and oxygen atoms in total. The second-order valence-electron chi connectivity index (χ2n) is 6.83. The number of aryl methyl sites for hydroxylation is 1. The average Bonchev–Trinajstić information content (AvgIpc) is 2.63. The van der Waals surface area contributed by atoms with Crippen LogP contribution in [0, 0.1) is 5.92 Å². The number of aromatic nitrogens is 1. The normalized spacial score (nSPS) is 17.1. The van der Waals surface area contributed by atoms with Crippen molar-refractivity contribution in [3.8, 4) is 0 Å². The van der Waals surface area contributed by atoms with Crippen LogP contribution in [0.1, 0.15) is 41.9 Å². The van der Waals surface area contributed by atoms with Crippen molar-refractivity contribution in [2.75, 3.05) is 18.8 Å². The quantitative estimate of drug-likeness (QED) is 0.756. The third-order valence-corrected chi connectivity index (χ3v) is 6.25. The third kappa shape index (κ3) is 4.04. The molecule has 0 bridgehead atoms. The van der Waals surface area contributed by atoms with E-state index >= 15 is 0 Å². The third-order valence-electron chi connectivity index (χ3n) is 4.85. The Morgan fingerprint density at radius 3 is 2.81 bits per heavy atom. The molecule has 0 radical (unpaired) electrons. The van der Waals surface area contributed by atoms with Crippen LogP contribution in [0.2, 0.25) is 0 Å². The second kappa shape index (κ2) is 7.72. The first kappa shape index (κ1) is 18.8. The summed E-state index contributed by atoms with van der Waals surface area (Å²) in [7, 11) is -3.25. The number of fused-ring (bicyclic) bond motifs is 2. The van der Waals surface area contributed by atoms with Gasteiger partial charge in [0.25, 0.3) is 5.91 Å². The predicted octanol–water partition coefficient (Wildman–Crippen LogP) is 2.03. The van der Waals surface area contributed by atoms with Crippen molar-refractivity contribution in [3.05, 3.63) is 41.1 Å². The van der Waals surface area contributed by atoms with Crippen LogP contribution in [-0.4, -0.2) is 38.2 Å². The van der Waals surface area contributed by atoms with Crippen LogP contribution in [0.5, 0.6) is 0 Å². The van der Waals surface area contributed by atoms with Gasteiger partial charge in [-0.15, -0.1) is 0 Å². The summed E-state index contributed by atoms with van der Waals surface area (Å²) in [6.45, 7) is 4.21. The van der Waals surface area contributed by atoms with E-state index in [1.165, 1.54) is 0 Å². The summed E-state index contributed by atoms with van der Waals surface area (Å²) in [5, 5.41) is 3.71. The number of pyridine rings is 1. The van der Waals surface area contributed by atoms with Crippen molar-refractivity contribution < 1.29 is 13.2 Å². The van der Waals surface area contributed by atoms with Gasteiger partial charge in [0.15, 0.2) is 0 Å². The lowest BCUT2D eigenvalue weighted by Crippen LogP contribution is -2.36. The van der Waals surface area contributed by atoms with Crippen molar-refractivity contribution in [2.45, 2.75) is 33.1 Å². The Morgan fingerprint density at radius 2 is 2.04 bits per heavy atom. The van der Waals surface area contributed by atoms with E-state index in [4.69, 9.17) is 4.98 Å². The van der Waals surface area contributed by atoms with Crippen LogP contribution in [0.15, 0.2) is 24.3 Å². The molecule has 7 heteroatoms. The summed E-state index contributed by atoms with van der Waals surface area (Å²) in [5.41, 5.74) is 3.57. The molecule has 1 atom stereocenters. The molecule has 1 aliphatic carbocycles. The topological polar surface area (TPSA) is 88.2 Å². The van der Waals surface area contributed by atoms with Gasteiger partial charge in [-0.1, -0.05) is 25.1 Å². The lowest BCUT2D eigenvalue weighted by molar-refractivity contribution is 0.0954. The zero-order valence-electron chi connectivity index (χ0n) is 15.2. The SMILES string of the molecule is CCS(=O)(=O)NCCNC(=O)c1c2c(nc3ccccc13)CC[C@@H](C)C2. The van der Waals surface area contributed by atoms with E-state index in [9.17, 15) is 13.2 Å². The van der Waals surface area contributed by atoms with Crippen LogP contribution in [0.25, 0.3) is 10.9 Å². The van der Waals surface area contributed by atoms with Crippen LogP contribution in [0.4, 0.5) is 0 Å². The Bertz CT molecular complexity index is 925. The van der Waals surface area contributed by atoms with E-state index < -0.39 is 10.0 Å². The van der Waals surface area contributed by atoms with E-state index in [-0.39, 0.29) is 24.7 Å². The molecule has 0 aliphatic heterocycles. The number of benzene rings is 1. The van der Waals surface area contributed by atoms with Gasteiger partial charge in [0.2, 0.25) is 10.0 Å². The number of rotatable bonds is 6. The van der Waals surface area contributed by atoms with E-state index in [0.717, 1.165) is 41.4 Å². The first-order chi connectivity index (χ1) is 12.4. The fourth-order valence-corrected chi connectivity index (χ4v) is 4.01. The van der Waals surface area contributed by atoms with Crippen LogP contribution in [0.3, 0.4) is 0 Å². The van der Waals surface area contributed by atoms with Gasteiger partial charge < -0.3 is 5.32 Å². The molecule has 0 unspecified atom stereocenters. The molecule has 1 aliphatic rings. The zero-order valence-corrected chi connectivity index (χ0v) is 16.0. The fraction of sp³-hybridized carbons (Fsp3) is 0.474. The number of carbonyl (C=O) groups is 1. The van der Waals surface area contributed by atoms with Gasteiger partial charge in [-0.3, -0.25) is 9.78 Å². The summed E-state index contributed by atoms with van der Waals surface area (Å²) in [6.07, 6.45) is 2.81. The number of nitrogens with one attached hydrogen (secondary N) is 2. The highest BCUT2D eigenvalue weighted by Crippen LogP contribution is 2.31. The van der Waals surface area contributed by atoms with Crippen molar-refractivity contribution in [1.82, 2.24) is 15.0 Å². The minimum atomic E-state index is -3.25. The fourth-order valence-electron chi connectivity index (χ4n) is 3.39. The molecule has 1 heterocycles. The maximum absolute atomic E-state index is 12.9. The highest BCUT2D eigenvalue weighted by atomic mass is 32.2. The summed E-state index contributed by atoms with van der Waals surface area (Å²) >= 11 is 0. The minimum Gasteiger partial charge on any atom is -0.351 e. The van der Waals surface area contributed by atoms with E-state index in [2.05, 4.69) is 17.0 Å². The Kier molecular flexibility index (Phi) is 5.58. The molecule has 140 valence electrons. The molecule has 2 N–H and O–H groups in total. The Morgan fingerprint density at radius 1 is 1.27 bits per heavy atom. The predicted molar refractivity (Wildman–Crippen MR) is 103 cm³/mol. The number of carbonyl (C=O) groups excluding carboxylic acids is 1. The Hall–Kier alpha value is -1.99. The number of hydrogen-bond acceptors (Lipinski definition) is 4. The highest BCUT2D eigenvalue weighted by Gasteiger charge is 2.25. The maximum atomic E-state index is 12.9. The average molecular weight is 375 g/mol. The maximum Gasteiger partial charge on any atom is 0.252 e. The van der Waals surface area contributed by atoms with Gasteiger partial charge in [0.1, 0.15) is 0 Å². The minimum absolute atomic E-state index is 0.0291. The lowest BCUT2D eigenvalue weighted by Gasteiger charge is -2.24. The summed E-state index contributed by atoms with van der Waals surface area (Å²) in [6, 6.07) is 7.69. The van der Waals surface area contributed by atoms with E-state index in [1.54, 1.807) is 6.92 Å². The van der Waals surface area contributed by atoms with Crippen LogP contribution in [-0.2, 0) is 22.9 Å². The number of amides is 1. The van der Waals surface area contributed by atoms with Crippen molar-refractivity contribution in [3.63, 3.8) is 0 Å². The summed E-state index contributed by atoms with van der Waals surface area (Å²) < 4.78 is 25.4. The van der Waals surface area contributed by atoms with Gasteiger partial charge >= 0.3 is 0 Å². The standard InChI is InChI=1S/C19H25N3O3S/c1-3-26(24,25)21-11-10-20-19(23)18-14-6-4-5-7-16(14)22-17-9-8-13(2)12-15(17)18/h4-7,13,21H,3,8-12H2,1-2H3,(H,20,23)/t13-/m1/s1. The highest BCUT2D eigenvalue weighted by molar-refractivity contribution is 7.89. The second-order valence-corrected chi connectivity index (χ2v) is 8.93. The number of hydrogen-bond donors (Lipinski definition) is 2. The molecule has 1 amide bonds. The van der Waals surface area contributed by atoms with Crippen LogP contribution < -0.4 is 10.0 Å². The summed E-state index contributed by atoms with van der Waals surface area (Å²) in [4.78, 5) is 17.7. The molecule has 3 rings (SSSR count). The van der Waals surface area contributed by atoms with E-state index in [1.807, 2.05) is 24.3 Å². The molecule has 1 aromatic carbocycles. The number of sulfonamides is 1. The van der Waals surface area contributed by atoms with Crippen molar-refractivity contribution in [2.24, 2.45) is 5.92 Å². The molecule has 2 aromatic rings.